The predicted molar refractivity (Wildman–Crippen MR) is 40.5 cm³/mol. The van der Waals surface area contributed by atoms with E-state index in [0.29, 0.717) is 18.4 Å². The molecule has 10 heavy (non-hydrogen) atoms. The molecule has 0 saturated carbocycles. The van der Waals surface area contributed by atoms with E-state index in [4.69, 9.17) is 5.11 Å². The van der Waals surface area contributed by atoms with E-state index in [1.807, 2.05) is 0 Å². The van der Waals surface area contributed by atoms with E-state index in [-0.39, 0.29) is 5.41 Å². The number of hydrogen-bond acceptors (Lipinski definition) is 1. The van der Waals surface area contributed by atoms with Gasteiger partial charge in [-0.15, -0.1) is 0 Å². The molecule has 0 spiro atoms. The van der Waals surface area contributed by atoms with Gasteiger partial charge in [0.1, 0.15) is 0 Å². The normalized spacial score (nSPS) is 49.0. The van der Waals surface area contributed by atoms with Gasteiger partial charge < -0.3 is 5.11 Å². The molecule has 0 unspecified atom stereocenters. The summed E-state index contributed by atoms with van der Waals surface area (Å²) in [5.41, 5.74) is 0.0972. The van der Waals surface area contributed by atoms with E-state index in [1.165, 1.54) is 0 Å². The Labute approximate surface area is 61.1 Å². The fourth-order valence-electron chi connectivity index (χ4n) is 1.92. The zero-order chi connectivity index (χ0) is 7.19. The number of fused-ring (bicyclic) bond motifs is 2. The smallest absolute Gasteiger partial charge is 0.0502 e. The lowest BCUT2D eigenvalue weighted by atomic mass is 9.79. The first-order valence-electron chi connectivity index (χ1n) is 3.75. The van der Waals surface area contributed by atoms with Crippen molar-refractivity contribution in [2.75, 3.05) is 6.61 Å². The summed E-state index contributed by atoms with van der Waals surface area (Å²) in [7, 11) is 0. The molecule has 0 radical (unpaired) electrons. The third-order valence-electron chi connectivity index (χ3n) is 2.92. The number of rotatable bonds is 1. The molecule has 0 saturated heterocycles. The lowest BCUT2D eigenvalue weighted by Gasteiger charge is -2.27. The Morgan fingerprint density at radius 3 is 1.80 bits per heavy atom. The van der Waals surface area contributed by atoms with Crippen molar-refractivity contribution in [2.45, 2.75) is 6.92 Å². The molecule has 0 amide bonds. The molecule has 2 aliphatic carbocycles. The highest BCUT2D eigenvalue weighted by Gasteiger charge is 2.43. The van der Waals surface area contributed by atoms with Crippen LogP contribution in [-0.2, 0) is 0 Å². The van der Waals surface area contributed by atoms with Gasteiger partial charge >= 0.3 is 0 Å². The summed E-state index contributed by atoms with van der Waals surface area (Å²) >= 11 is 0. The predicted octanol–water partition coefficient (Wildman–Crippen LogP) is 1.36. The van der Waals surface area contributed by atoms with Crippen LogP contribution in [0.25, 0.3) is 0 Å². The SMILES string of the molecule is CC1(CO)C2C=CC1C=C2. The standard InChI is InChI=1S/C9H12O/c1-9(6-10)7-2-3-8(9)5-4-7/h2-5,7-8,10H,6H2,1H3. The van der Waals surface area contributed by atoms with Crippen molar-refractivity contribution in [2.24, 2.45) is 17.3 Å². The summed E-state index contributed by atoms with van der Waals surface area (Å²) in [5, 5.41) is 9.13. The molecular formula is C9H12O. The molecule has 1 heteroatoms. The quantitative estimate of drug-likeness (QED) is 0.539. The summed E-state index contributed by atoms with van der Waals surface area (Å²) < 4.78 is 0. The first kappa shape index (κ1) is 6.17. The largest absolute Gasteiger partial charge is 0.396 e. The van der Waals surface area contributed by atoms with Crippen molar-refractivity contribution in [3.8, 4) is 0 Å². The topological polar surface area (TPSA) is 20.2 Å². The van der Waals surface area contributed by atoms with E-state index in [2.05, 4.69) is 31.2 Å². The van der Waals surface area contributed by atoms with Crippen molar-refractivity contribution < 1.29 is 5.11 Å². The van der Waals surface area contributed by atoms with Crippen LogP contribution in [0, 0.1) is 17.3 Å². The minimum atomic E-state index is 0.0972. The third-order valence-corrected chi connectivity index (χ3v) is 2.92. The van der Waals surface area contributed by atoms with E-state index < -0.39 is 0 Å². The molecule has 0 fully saturated rings. The van der Waals surface area contributed by atoms with Crippen molar-refractivity contribution in [1.29, 1.82) is 0 Å². The van der Waals surface area contributed by atoms with E-state index in [0.717, 1.165) is 0 Å². The van der Waals surface area contributed by atoms with Gasteiger partial charge in [0.05, 0.1) is 6.61 Å². The van der Waals surface area contributed by atoms with Crippen LogP contribution >= 0.6 is 0 Å². The third kappa shape index (κ3) is 0.517. The number of allylic oxidation sites excluding steroid dienone is 4. The van der Waals surface area contributed by atoms with Gasteiger partial charge in [-0.05, 0) is 0 Å². The zero-order valence-corrected chi connectivity index (χ0v) is 6.12. The molecule has 0 aromatic heterocycles. The van der Waals surface area contributed by atoms with Gasteiger partial charge in [-0.1, -0.05) is 31.2 Å². The van der Waals surface area contributed by atoms with Crippen LogP contribution in [-0.4, -0.2) is 11.7 Å². The van der Waals surface area contributed by atoms with Gasteiger partial charge in [0.25, 0.3) is 0 Å². The highest BCUT2D eigenvalue weighted by molar-refractivity contribution is 5.29. The van der Waals surface area contributed by atoms with Crippen molar-refractivity contribution in [1.82, 2.24) is 0 Å². The van der Waals surface area contributed by atoms with Gasteiger partial charge in [-0.25, -0.2) is 0 Å². The van der Waals surface area contributed by atoms with Crippen LogP contribution in [0.4, 0.5) is 0 Å². The van der Waals surface area contributed by atoms with Crippen molar-refractivity contribution >= 4 is 0 Å². The van der Waals surface area contributed by atoms with Gasteiger partial charge in [-0.3, -0.25) is 0 Å². The first-order chi connectivity index (χ1) is 4.77. The molecule has 0 aromatic rings. The van der Waals surface area contributed by atoms with E-state index in [1.54, 1.807) is 0 Å². The minimum Gasteiger partial charge on any atom is -0.396 e. The van der Waals surface area contributed by atoms with Crippen LogP contribution in [0.15, 0.2) is 24.3 Å². The molecular weight excluding hydrogens is 124 g/mol. The Morgan fingerprint density at radius 1 is 1.20 bits per heavy atom. The Kier molecular flexibility index (Phi) is 1.07. The summed E-state index contributed by atoms with van der Waals surface area (Å²) in [5.74, 6) is 0.977. The molecule has 2 rings (SSSR count). The van der Waals surface area contributed by atoms with Crippen LogP contribution in [0.1, 0.15) is 6.92 Å². The highest BCUT2D eigenvalue weighted by atomic mass is 16.3. The minimum absolute atomic E-state index is 0.0972. The summed E-state index contributed by atoms with van der Waals surface area (Å²) in [6.07, 6.45) is 8.78. The van der Waals surface area contributed by atoms with Gasteiger partial charge in [0.2, 0.25) is 0 Å². The molecule has 0 aromatic carbocycles. The van der Waals surface area contributed by atoms with E-state index >= 15 is 0 Å². The Morgan fingerprint density at radius 2 is 1.60 bits per heavy atom. The Balaban J connectivity index is 2.32. The molecule has 1 N–H and O–H groups in total. The zero-order valence-electron chi connectivity index (χ0n) is 6.12. The maximum Gasteiger partial charge on any atom is 0.0502 e. The maximum atomic E-state index is 9.13. The summed E-state index contributed by atoms with van der Waals surface area (Å²) in [4.78, 5) is 0. The Bertz CT molecular complexity index is 173. The van der Waals surface area contributed by atoms with Gasteiger partial charge in [0, 0.05) is 17.3 Å². The lowest BCUT2D eigenvalue weighted by Crippen LogP contribution is -2.27. The molecule has 0 aliphatic heterocycles. The van der Waals surface area contributed by atoms with Crippen LogP contribution < -0.4 is 0 Å². The second-order valence-corrected chi connectivity index (χ2v) is 3.49. The second kappa shape index (κ2) is 1.73. The van der Waals surface area contributed by atoms with Crippen LogP contribution in [0.5, 0.6) is 0 Å². The average Bonchev–Trinajstić information content (AvgIpc) is 2.46. The molecule has 0 heterocycles. The fraction of sp³-hybridized carbons (Fsp3) is 0.556. The molecule has 1 nitrogen and oxygen atoms in total. The van der Waals surface area contributed by atoms with Gasteiger partial charge in [0.15, 0.2) is 0 Å². The fourth-order valence-corrected chi connectivity index (χ4v) is 1.92. The highest BCUT2D eigenvalue weighted by Crippen LogP contribution is 2.48. The first-order valence-corrected chi connectivity index (χ1v) is 3.75. The van der Waals surface area contributed by atoms with Crippen molar-refractivity contribution in [3.05, 3.63) is 24.3 Å². The number of aliphatic hydroxyl groups is 1. The average molecular weight is 136 g/mol. The molecule has 54 valence electrons. The van der Waals surface area contributed by atoms with E-state index in [9.17, 15) is 0 Å². The lowest BCUT2D eigenvalue weighted by molar-refractivity contribution is 0.114. The second-order valence-electron chi connectivity index (χ2n) is 3.49. The molecule has 2 bridgehead atoms. The molecule has 0 atom stereocenters. The Hall–Kier alpha value is -0.560. The van der Waals surface area contributed by atoms with Crippen LogP contribution in [0.2, 0.25) is 0 Å². The van der Waals surface area contributed by atoms with Crippen LogP contribution in [0.3, 0.4) is 0 Å². The van der Waals surface area contributed by atoms with Crippen molar-refractivity contribution in [3.63, 3.8) is 0 Å². The maximum absolute atomic E-state index is 9.13. The number of aliphatic hydroxyl groups excluding tert-OH is 1. The monoisotopic (exact) mass is 136 g/mol. The van der Waals surface area contributed by atoms with Gasteiger partial charge in [-0.2, -0.15) is 0 Å². The summed E-state index contributed by atoms with van der Waals surface area (Å²) in [6, 6.07) is 0. The number of hydrogen-bond donors (Lipinski definition) is 1. The molecule has 2 aliphatic rings. The summed E-state index contributed by atoms with van der Waals surface area (Å²) in [6.45, 7) is 2.44.